The van der Waals surface area contributed by atoms with E-state index in [2.05, 4.69) is 54.6 Å². The minimum absolute atomic E-state index is 0.569. The Bertz CT molecular complexity index is 1260. The van der Waals surface area contributed by atoms with E-state index in [0.29, 0.717) is 12.2 Å². The topological polar surface area (TPSA) is 72.7 Å². The summed E-state index contributed by atoms with van der Waals surface area (Å²) in [7, 11) is 0.0351. The summed E-state index contributed by atoms with van der Waals surface area (Å²) in [4.78, 5) is 12.6. The van der Waals surface area contributed by atoms with Gasteiger partial charge in [-0.1, -0.05) is 31.8 Å². The van der Waals surface area contributed by atoms with Crippen molar-refractivity contribution < 1.29 is 19.4 Å². The van der Waals surface area contributed by atoms with Crippen molar-refractivity contribution in [3.8, 4) is 16.9 Å². The normalized spacial score (nSPS) is 14.1. The maximum Gasteiger partial charge on any atom is 0.339 e. The van der Waals surface area contributed by atoms with Crippen molar-refractivity contribution in [2.75, 3.05) is 25.6 Å². The molecule has 1 atom stereocenters. The fourth-order valence-corrected chi connectivity index (χ4v) is 5.58. The zero-order chi connectivity index (χ0) is 24.8. The van der Waals surface area contributed by atoms with Gasteiger partial charge in [-0.3, -0.25) is 0 Å². The third kappa shape index (κ3) is 4.34. The molecule has 34 heavy (non-hydrogen) atoms. The fourth-order valence-electron chi connectivity index (χ4n) is 4.86. The van der Waals surface area contributed by atoms with Crippen LogP contribution in [0.3, 0.4) is 0 Å². The number of hydrogen-bond donors (Lipinski definition) is 2. The van der Waals surface area contributed by atoms with Crippen molar-refractivity contribution >= 4 is 30.6 Å². The SMILES string of the molecule is COC(=O)[C@@H](O)c1c(C)c2c3c(cc(C)n3CCN2)c1-c1ccc(C)cc1OCC[Si](C)(C)C. The molecule has 0 radical (unpaired) electrons. The van der Waals surface area contributed by atoms with Gasteiger partial charge in [-0.25, -0.2) is 4.79 Å². The van der Waals surface area contributed by atoms with E-state index in [4.69, 9.17) is 9.47 Å². The summed E-state index contributed by atoms with van der Waals surface area (Å²) in [6.45, 7) is 15.4. The molecule has 0 saturated heterocycles. The van der Waals surface area contributed by atoms with Gasteiger partial charge in [0, 0.05) is 48.9 Å². The van der Waals surface area contributed by atoms with Crippen molar-refractivity contribution in [2.45, 2.75) is 59.1 Å². The molecular formula is C27H36N2O4Si. The Morgan fingerprint density at radius 1 is 1.21 bits per heavy atom. The summed E-state index contributed by atoms with van der Waals surface area (Å²) in [6.07, 6.45) is -1.40. The number of nitrogens with one attached hydrogen (secondary N) is 1. The number of benzene rings is 2. The molecule has 1 aliphatic heterocycles. The second-order valence-electron chi connectivity index (χ2n) is 10.5. The number of rotatable bonds is 7. The van der Waals surface area contributed by atoms with E-state index < -0.39 is 20.1 Å². The average molecular weight is 481 g/mol. The molecule has 2 aromatic carbocycles. The number of ether oxygens (including phenoxy) is 2. The van der Waals surface area contributed by atoms with Crippen LogP contribution in [0, 0.1) is 20.8 Å². The van der Waals surface area contributed by atoms with Gasteiger partial charge < -0.3 is 24.5 Å². The number of aromatic nitrogens is 1. The highest BCUT2D eigenvalue weighted by Crippen LogP contribution is 2.47. The molecular weight excluding hydrogens is 444 g/mol. The molecule has 2 heterocycles. The Hall–Kier alpha value is -2.77. The third-order valence-electron chi connectivity index (χ3n) is 6.71. The van der Waals surface area contributed by atoms with Crippen LogP contribution in [0.15, 0.2) is 24.3 Å². The van der Waals surface area contributed by atoms with E-state index in [-0.39, 0.29) is 0 Å². The van der Waals surface area contributed by atoms with Gasteiger partial charge >= 0.3 is 5.97 Å². The molecule has 0 spiro atoms. The molecule has 2 N–H and O–H groups in total. The highest BCUT2D eigenvalue weighted by atomic mass is 28.3. The fraction of sp³-hybridized carbons (Fsp3) is 0.444. The van der Waals surface area contributed by atoms with E-state index >= 15 is 0 Å². The molecule has 1 aromatic heterocycles. The number of aliphatic hydroxyl groups excluding tert-OH is 1. The lowest BCUT2D eigenvalue weighted by Gasteiger charge is -2.27. The molecule has 182 valence electrons. The van der Waals surface area contributed by atoms with E-state index in [1.54, 1.807) is 0 Å². The smallest absolute Gasteiger partial charge is 0.339 e. The lowest BCUT2D eigenvalue weighted by atomic mass is 9.87. The van der Waals surface area contributed by atoms with Crippen molar-refractivity contribution in [3.63, 3.8) is 0 Å². The summed E-state index contributed by atoms with van der Waals surface area (Å²) in [6, 6.07) is 9.35. The molecule has 0 aliphatic carbocycles. The molecule has 7 heteroatoms. The summed E-state index contributed by atoms with van der Waals surface area (Å²) >= 11 is 0. The van der Waals surface area contributed by atoms with Gasteiger partial charge in [0.15, 0.2) is 6.10 Å². The Labute approximate surface area is 202 Å². The molecule has 1 aliphatic rings. The molecule has 0 amide bonds. The standard InChI is InChI=1S/C27H36N2O4Si/c1-16-8-9-19(21(14-16)33-12-13-34(5,6)7)23-20-15-17(2)29-11-10-28-24(25(20)29)18(3)22(23)26(30)27(31)32-4/h8-9,14-15,26,28,30H,10-13H2,1-7H3/t26-/m0/s1. The zero-order valence-electron chi connectivity index (χ0n) is 21.3. The van der Waals surface area contributed by atoms with Crippen LogP contribution in [-0.2, 0) is 16.1 Å². The Morgan fingerprint density at radius 3 is 2.62 bits per heavy atom. The second-order valence-corrected chi connectivity index (χ2v) is 16.1. The molecule has 6 nitrogen and oxygen atoms in total. The first kappa shape index (κ1) is 24.4. The Kier molecular flexibility index (Phi) is 6.53. The van der Waals surface area contributed by atoms with E-state index in [9.17, 15) is 9.90 Å². The number of nitrogens with zero attached hydrogens (tertiary/aromatic N) is 1. The van der Waals surface area contributed by atoms with Crippen LogP contribution >= 0.6 is 0 Å². The van der Waals surface area contributed by atoms with Gasteiger partial charge in [0.2, 0.25) is 0 Å². The predicted octanol–water partition coefficient (Wildman–Crippen LogP) is 5.58. The van der Waals surface area contributed by atoms with Crippen molar-refractivity contribution in [1.82, 2.24) is 4.57 Å². The number of hydrogen-bond acceptors (Lipinski definition) is 5. The highest BCUT2D eigenvalue weighted by molar-refractivity contribution is 6.76. The van der Waals surface area contributed by atoms with Crippen molar-refractivity contribution in [3.05, 3.63) is 46.6 Å². The van der Waals surface area contributed by atoms with Crippen LogP contribution in [0.2, 0.25) is 25.7 Å². The van der Waals surface area contributed by atoms with Crippen molar-refractivity contribution in [1.29, 1.82) is 0 Å². The largest absolute Gasteiger partial charge is 0.493 e. The van der Waals surface area contributed by atoms with E-state index in [1.165, 1.54) is 7.11 Å². The number of methoxy groups -OCH3 is 1. The van der Waals surface area contributed by atoms with Crippen LogP contribution in [0.25, 0.3) is 22.0 Å². The minimum atomic E-state index is -1.40. The molecule has 3 aromatic rings. The summed E-state index contributed by atoms with van der Waals surface area (Å²) in [5.74, 6) is 0.108. The third-order valence-corrected chi connectivity index (χ3v) is 8.41. The molecule has 0 unspecified atom stereocenters. The van der Waals surface area contributed by atoms with Crippen molar-refractivity contribution in [2.24, 2.45) is 0 Å². The summed E-state index contributed by atoms with van der Waals surface area (Å²) < 4.78 is 13.6. The Morgan fingerprint density at radius 2 is 1.94 bits per heavy atom. The molecule has 4 rings (SSSR count). The molecule has 0 saturated carbocycles. The summed E-state index contributed by atoms with van der Waals surface area (Å²) in [5.41, 5.74) is 7.46. The molecule has 0 fully saturated rings. The first-order valence-electron chi connectivity index (χ1n) is 11.9. The van der Waals surface area contributed by atoms with Gasteiger partial charge in [0.1, 0.15) is 5.75 Å². The van der Waals surface area contributed by atoms with Crippen LogP contribution in [0.4, 0.5) is 5.69 Å². The molecule has 0 bridgehead atoms. The Balaban J connectivity index is 2.01. The first-order chi connectivity index (χ1) is 16.0. The maximum atomic E-state index is 12.6. The van der Waals surface area contributed by atoms with Gasteiger partial charge in [0.25, 0.3) is 0 Å². The van der Waals surface area contributed by atoms with E-state index in [0.717, 1.165) is 69.4 Å². The number of aryl methyl sites for hydroxylation is 2. The number of aliphatic hydroxyl groups is 1. The number of carbonyl (C=O) groups is 1. The highest BCUT2D eigenvalue weighted by Gasteiger charge is 2.31. The van der Waals surface area contributed by atoms with Crippen LogP contribution in [-0.4, -0.2) is 44.0 Å². The van der Waals surface area contributed by atoms with E-state index in [1.807, 2.05) is 19.9 Å². The first-order valence-corrected chi connectivity index (χ1v) is 15.6. The lowest BCUT2D eigenvalue weighted by Crippen LogP contribution is -2.23. The summed E-state index contributed by atoms with van der Waals surface area (Å²) in [5, 5.41) is 15.7. The van der Waals surface area contributed by atoms with Gasteiger partial charge in [-0.05, 0) is 50.1 Å². The van der Waals surface area contributed by atoms with Gasteiger partial charge in [-0.2, -0.15) is 0 Å². The van der Waals surface area contributed by atoms with Gasteiger partial charge in [0.05, 0.1) is 24.9 Å². The number of carbonyl (C=O) groups excluding carboxylic acids is 1. The van der Waals surface area contributed by atoms with Gasteiger partial charge in [-0.15, -0.1) is 0 Å². The predicted molar refractivity (Wildman–Crippen MR) is 141 cm³/mol. The number of esters is 1. The minimum Gasteiger partial charge on any atom is -0.493 e. The monoisotopic (exact) mass is 480 g/mol. The quantitative estimate of drug-likeness (QED) is 0.341. The maximum absolute atomic E-state index is 12.6. The van der Waals surface area contributed by atoms with Crippen LogP contribution < -0.4 is 10.1 Å². The van der Waals surface area contributed by atoms with Crippen LogP contribution in [0.1, 0.15) is 28.5 Å². The zero-order valence-corrected chi connectivity index (χ0v) is 22.3. The van der Waals surface area contributed by atoms with Crippen LogP contribution in [0.5, 0.6) is 5.75 Å². The number of anilines is 1. The average Bonchev–Trinajstić information content (AvgIpc) is 3.12. The second kappa shape index (κ2) is 9.11. The lowest BCUT2D eigenvalue weighted by molar-refractivity contribution is -0.150.